The largest absolute Gasteiger partial charge is 0.390 e. The van der Waals surface area contributed by atoms with Crippen LogP contribution in [0.25, 0.3) is 0 Å². The van der Waals surface area contributed by atoms with Crippen LogP contribution in [0.1, 0.15) is 118 Å². The normalized spacial score (nSPS) is 19.5. The molecule has 0 aromatic rings. The second kappa shape index (κ2) is 24.9. The molecule has 5 nitrogen and oxygen atoms in total. The molecule has 5 atom stereocenters. The average Bonchev–Trinajstić information content (AvgIpc) is 2.88. The van der Waals surface area contributed by atoms with Gasteiger partial charge in [-0.25, -0.2) is 0 Å². The van der Waals surface area contributed by atoms with E-state index >= 15 is 0 Å². The first-order valence-corrected chi connectivity index (χ1v) is 17.2. The Morgan fingerprint density at radius 3 is 1.97 bits per heavy atom. The lowest BCUT2D eigenvalue weighted by Gasteiger charge is -2.22. The van der Waals surface area contributed by atoms with Crippen molar-refractivity contribution in [3.63, 3.8) is 0 Å². The van der Waals surface area contributed by atoms with Gasteiger partial charge in [0.2, 0.25) is 0 Å². The number of rotatable bonds is 26. The molecule has 0 aliphatic carbocycles. The van der Waals surface area contributed by atoms with E-state index < -0.39 is 6.10 Å². The minimum absolute atomic E-state index is 0.0403. The van der Waals surface area contributed by atoms with Gasteiger partial charge in [0.1, 0.15) is 0 Å². The summed E-state index contributed by atoms with van der Waals surface area (Å²) in [5, 5.41) is 10.2. The Labute approximate surface area is 240 Å². The highest BCUT2D eigenvalue weighted by Gasteiger charge is 2.13. The van der Waals surface area contributed by atoms with Crippen LogP contribution in [0.2, 0.25) is 0 Å². The number of aliphatic hydroxyl groups excluding tert-OH is 1. The van der Waals surface area contributed by atoms with Gasteiger partial charge in [0, 0.05) is 24.7 Å². The van der Waals surface area contributed by atoms with Crippen LogP contribution in [0.15, 0.2) is 0 Å². The molecule has 0 aromatic carbocycles. The Morgan fingerprint density at radius 2 is 1.37 bits per heavy atom. The van der Waals surface area contributed by atoms with E-state index in [-0.39, 0.29) is 6.29 Å². The summed E-state index contributed by atoms with van der Waals surface area (Å²) in [6.07, 6.45) is 16.3. The molecule has 0 amide bonds. The highest BCUT2D eigenvalue weighted by atomic mass is 32.2. The van der Waals surface area contributed by atoms with Gasteiger partial charge in [-0.05, 0) is 49.4 Å². The van der Waals surface area contributed by atoms with Crippen LogP contribution >= 0.6 is 11.8 Å². The predicted octanol–water partition coefficient (Wildman–Crippen LogP) is 8.12. The Hall–Kier alpha value is 0.150. The van der Waals surface area contributed by atoms with E-state index in [4.69, 9.17) is 18.9 Å². The van der Waals surface area contributed by atoms with Gasteiger partial charge in [0.25, 0.3) is 0 Å². The maximum absolute atomic E-state index is 10.2. The summed E-state index contributed by atoms with van der Waals surface area (Å²) in [6, 6.07) is 0. The second-order valence-electron chi connectivity index (χ2n) is 12.4. The third-order valence-electron chi connectivity index (χ3n) is 7.68. The van der Waals surface area contributed by atoms with Crippen molar-refractivity contribution in [3.05, 3.63) is 0 Å². The molecule has 1 fully saturated rings. The van der Waals surface area contributed by atoms with Gasteiger partial charge in [0.15, 0.2) is 6.29 Å². The maximum Gasteiger partial charge on any atom is 0.157 e. The molecule has 38 heavy (non-hydrogen) atoms. The average molecular weight is 561 g/mol. The molecule has 0 saturated carbocycles. The van der Waals surface area contributed by atoms with E-state index in [1.807, 2.05) is 0 Å². The van der Waals surface area contributed by atoms with Gasteiger partial charge in [-0.2, -0.15) is 11.8 Å². The lowest BCUT2D eigenvalue weighted by molar-refractivity contribution is -0.168. The van der Waals surface area contributed by atoms with Gasteiger partial charge in [0.05, 0.1) is 32.5 Å². The minimum Gasteiger partial charge on any atom is -0.390 e. The van der Waals surface area contributed by atoms with E-state index in [9.17, 15) is 5.11 Å². The highest BCUT2D eigenvalue weighted by molar-refractivity contribution is 7.99. The fourth-order valence-corrected chi connectivity index (χ4v) is 5.78. The fourth-order valence-electron chi connectivity index (χ4n) is 5.01. The number of hydrogen-bond donors (Lipinski definition) is 1. The number of ether oxygens (including phenoxy) is 4. The summed E-state index contributed by atoms with van der Waals surface area (Å²) in [5.41, 5.74) is 0. The summed E-state index contributed by atoms with van der Waals surface area (Å²) in [6.45, 7) is 15.7. The van der Waals surface area contributed by atoms with Crippen LogP contribution in [0.4, 0.5) is 0 Å². The number of thioether (sulfide) groups is 1. The van der Waals surface area contributed by atoms with Crippen molar-refractivity contribution in [1.82, 2.24) is 0 Å². The van der Waals surface area contributed by atoms with Crippen molar-refractivity contribution in [2.45, 2.75) is 130 Å². The molecule has 0 spiro atoms. The molecule has 1 saturated heterocycles. The van der Waals surface area contributed by atoms with Crippen molar-refractivity contribution in [2.24, 2.45) is 23.7 Å². The van der Waals surface area contributed by atoms with E-state index in [0.717, 1.165) is 56.0 Å². The summed E-state index contributed by atoms with van der Waals surface area (Å²) < 4.78 is 22.6. The van der Waals surface area contributed by atoms with E-state index in [2.05, 4.69) is 34.6 Å². The van der Waals surface area contributed by atoms with Crippen molar-refractivity contribution >= 4 is 11.8 Å². The molecular weight excluding hydrogens is 496 g/mol. The van der Waals surface area contributed by atoms with Gasteiger partial charge in [-0.15, -0.1) is 0 Å². The molecule has 0 bridgehead atoms. The first-order chi connectivity index (χ1) is 18.4. The molecule has 0 aromatic heterocycles. The molecule has 228 valence electrons. The van der Waals surface area contributed by atoms with Crippen molar-refractivity contribution in [2.75, 3.05) is 51.1 Å². The first kappa shape index (κ1) is 36.2. The fraction of sp³-hybridized carbons (Fsp3) is 1.00. The highest BCUT2D eigenvalue weighted by Crippen LogP contribution is 2.22. The van der Waals surface area contributed by atoms with E-state index in [1.165, 1.54) is 64.2 Å². The molecule has 6 heteroatoms. The molecule has 0 radical (unpaired) electrons. The minimum atomic E-state index is -0.402. The van der Waals surface area contributed by atoms with Gasteiger partial charge < -0.3 is 24.1 Å². The van der Waals surface area contributed by atoms with Crippen LogP contribution in [0, 0.1) is 23.7 Å². The van der Waals surface area contributed by atoms with Crippen LogP contribution in [-0.2, 0) is 18.9 Å². The van der Waals surface area contributed by atoms with Crippen LogP contribution < -0.4 is 0 Å². The molecule has 1 rings (SSSR count). The molecule has 1 aliphatic heterocycles. The monoisotopic (exact) mass is 560 g/mol. The lowest BCUT2D eigenvalue weighted by Crippen LogP contribution is -2.24. The molecule has 5 unspecified atom stereocenters. The van der Waals surface area contributed by atoms with E-state index in [1.54, 1.807) is 11.8 Å². The second-order valence-corrected chi connectivity index (χ2v) is 13.5. The smallest absolute Gasteiger partial charge is 0.157 e. The summed E-state index contributed by atoms with van der Waals surface area (Å²) >= 11 is 1.72. The van der Waals surface area contributed by atoms with Gasteiger partial charge in [-0.3, -0.25) is 0 Å². The Kier molecular flexibility index (Phi) is 23.7. The summed E-state index contributed by atoms with van der Waals surface area (Å²) in [4.78, 5) is 0. The van der Waals surface area contributed by atoms with Crippen LogP contribution in [0.3, 0.4) is 0 Å². The van der Waals surface area contributed by atoms with Crippen molar-refractivity contribution in [1.29, 1.82) is 0 Å². The maximum atomic E-state index is 10.2. The van der Waals surface area contributed by atoms with Crippen LogP contribution in [-0.4, -0.2) is 68.6 Å². The van der Waals surface area contributed by atoms with Gasteiger partial charge in [-0.1, -0.05) is 92.4 Å². The van der Waals surface area contributed by atoms with Crippen molar-refractivity contribution < 1.29 is 24.1 Å². The SMILES string of the molecule is CC(C)CCCC(C)CCCC(C)CCCC(C)CCOCC(O)CSCCOCCOC1CCCCO1. The Bertz CT molecular complexity index is 500. The predicted molar refractivity (Wildman–Crippen MR) is 163 cm³/mol. The first-order valence-electron chi connectivity index (χ1n) is 16.0. The van der Waals surface area contributed by atoms with E-state index in [0.29, 0.717) is 38.1 Å². The Balaban J connectivity index is 1.85. The zero-order valence-electron chi connectivity index (χ0n) is 25.8. The quantitative estimate of drug-likeness (QED) is 0.108. The number of hydrogen-bond acceptors (Lipinski definition) is 6. The summed E-state index contributed by atoms with van der Waals surface area (Å²) in [7, 11) is 0. The zero-order chi connectivity index (χ0) is 27.8. The van der Waals surface area contributed by atoms with Crippen LogP contribution in [0.5, 0.6) is 0 Å². The topological polar surface area (TPSA) is 57.2 Å². The molecule has 1 N–H and O–H groups in total. The molecule has 1 aliphatic rings. The third-order valence-corrected chi connectivity index (χ3v) is 8.76. The number of aliphatic hydroxyl groups is 1. The lowest BCUT2D eigenvalue weighted by atomic mass is 9.91. The standard InChI is InChI=1S/C32H64O5S/c1-27(2)11-8-12-28(3)13-9-14-29(4)15-10-16-30(5)18-20-35-25-31(33)26-38-24-23-34-21-22-37-32-17-6-7-19-36-32/h27-33H,6-26H2,1-5H3. The zero-order valence-corrected chi connectivity index (χ0v) is 26.6. The molecule has 1 heterocycles. The van der Waals surface area contributed by atoms with Gasteiger partial charge >= 0.3 is 0 Å². The summed E-state index contributed by atoms with van der Waals surface area (Å²) in [5.74, 6) is 4.86. The third kappa shape index (κ3) is 22.9. The molecular formula is C32H64O5S. The van der Waals surface area contributed by atoms with Crippen molar-refractivity contribution in [3.8, 4) is 0 Å². The Morgan fingerprint density at radius 1 is 0.737 bits per heavy atom.